The molecule has 114 valence electrons. The molecule has 1 N–H and O–H groups in total. The zero-order valence-corrected chi connectivity index (χ0v) is 13.2. The summed E-state index contributed by atoms with van der Waals surface area (Å²) in [5.74, 6) is -0.340. The van der Waals surface area contributed by atoms with Gasteiger partial charge in [0.1, 0.15) is 0 Å². The van der Waals surface area contributed by atoms with Crippen LogP contribution in [0.3, 0.4) is 0 Å². The first kappa shape index (κ1) is 14.8. The summed E-state index contributed by atoms with van der Waals surface area (Å²) >= 11 is 5.56. The second-order valence-corrected chi connectivity index (χ2v) is 5.92. The Hall–Kier alpha value is -1.17. The molecule has 1 aromatic rings. The van der Waals surface area contributed by atoms with Gasteiger partial charge >= 0.3 is 0 Å². The molecular formula is C16H22N2O2S. The molecule has 3 rings (SSSR count). The van der Waals surface area contributed by atoms with Crippen LogP contribution in [0.2, 0.25) is 0 Å². The molecule has 2 heterocycles. The van der Waals surface area contributed by atoms with Crippen molar-refractivity contribution < 1.29 is 9.47 Å². The van der Waals surface area contributed by atoms with E-state index in [0.29, 0.717) is 13.2 Å². The fraction of sp³-hybridized carbons (Fsp3) is 0.562. The first-order chi connectivity index (χ1) is 10.2. The lowest BCUT2D eigenvalue weighted by molar-refractivity contribution is -0.180. The Morgan fingerprint density at radius 2 is 1.90 bits per heavy atom. The molecule has 2 fully saturated rings. The lowest BCUT2D eigenvalue weighted by Gasteiger charge is -2.38. The Kier molecular flexibility index (Phi) is 4.42. The van der Waals surface area contributed by atoms with E-state index in [9.17, 15) is 0 Å². The molecule has 5 heteroatoms. The number of nitrogens with zero attached hydrogens (tertiary/aromatic N) is 1. The van der Waals surface area contributed by atoms with Gasteiger partial charge in [-0.15, -0.1) is 0 Å². The van der Waals surface area contributed by atoms with Gasteiger partial charge in [-0.2, -0.15) is 0 Å². The molecule has 4 nitrogen and oxygen atoms in total. The number of para-hydroxylation sites is 1. The van der Waals surface area contributed by atoms with Crippen LogP contribution in [-0.2, 0) is 15.9 Å². The minimum absolute atomic E-state index is 0.340. The number of hydrogen-bond acceptors (Lipinski definition) is 3. The molecule has 0 bridgehead atoms. The smallest absolute Gasteiger partial charge is 0.173 e. The Balaban J connectivity index is 1.59. The van der Waals surface area contributed by atoms with Crippen LogP contribution in [0, 0.1) is 0 Å². The predicted molar refractivity (Wildman–Crippen MR) is 87.5 cm³/mol. The second-order valence-electron chi connectivity index (χ2n) is 5.54. The highest BCUT2D eigenvalue weighted by Crippen LogP contribution is 2.31. The third-order valence-corrected chi connectivity index (χ3v) is 4.63. The van der Waals surface area contributed by atoms with E-state index in [1.54, 1.807) is 0 Å². The van der Waals surface area contributed by atoms with Gasteiger partial charge in [0.15, 0.2) is 10.9 Å². The zero-order chi connectivity index (χ0) is 14.7. The van der Waals surface area contributed by atoms with Crippen LogP contribution in [0.1, 0.15) is 25.3 Å². The molecule has 1 spiro atoms. The molecule has 2 saturated heterocycles. The van der Waals surface area contributed by atoms with E-state index in [-0.39, 0.29) is 5.79 Å². The molecule has 1 aromatic carbocycles. The number of likely N-dealkylation sites (tertiary alicyclic amines) is 1. The summed E-state index contributed by atoms with van der Waals surface area (Å²) in [6, 6.07) is 8.32. The van der Waals surface area contributed by atoms with Crippen molar-refractivity contribution in [2.24, 2.45) is 0 Å². The summed E-state index contributed by atoms with van der Waals surface area (Å²) < 4.78 is 11.5. The van der Waals surface area contributed by atoms with Crippen LogP contribution >= 0.6 is 12.2 Å². The highest BCUT2D eigenvalue weighted by molar-refractivity contribution is 7.80. The SMILES string of the molecule is CCc1ccccc1NC(=S)N1CCC2(CC1)OCCO2. The van der Waals surface area contributed by atoms with Gasteiger partial charge < -0.3 is 19.7 Å². The zero-order valence-electron chi connectivity index (χ0n) is 12.4. The van der Waals surface area contributed by atoms with Crippen LogP contribution in [0.15, 0.2) is 24.3 Å². The molecule has 21 heavy (non-hydrogen) atoms. The summed E-state index contributed by atoms with van der Waals surface area (Å²) in [5.41, 5.74) is 2.40. The number of aryl methyl sites for hydroxylation is 1. The molecule has 0 amide bonds. The Morgan fingerprint density at radius 3 is 2.57 bits per heavy atom. The fourth-order valence-corrected chi connectivity index (χ4v) is 3.27. The predicted octanol–water partition coefficient (Wildman–Crippen LogP) is 2.78. The molecular weight excluding hydrogens is 284 g/mol. The van der Waals surface area contributed by atoms with Crippen LogP contribution < -0.4 is 5.32 Å². The first-order valence-electron chi connectivity index (χ1n) is 7.64. The van der Waals surface area contributed by atoms with Gasteiger partial charge in [0, 0.05) is 31.6 Å². The summed E-state index contributed by atoms with van der Waals surface area (Å²) in [6.45, 7) is 5.34. The lowest BCUT2D eigenvalue weighted by Crippen LogP contribution is -2.48. The van der Waals surface area contributed by atoms with Crippen molar-refractivity contribution in [2.45, 2.75) is 32.0 Å². The normalized spacial score (nSPS) is 20.7. The van der Waals surface area contributed by atoms with E-state index in [2.05, 4.69) is 35.3 Å². The number of piperidine rings is 1. The molecule has 0 saturated carbocycles. The highest BCUT2D eigenvalue weighted by Gasteiger charge is 2.40. The number of ether oxygens (including phenoxy) is 2. The number of rotatable bonds is 2. The van der Waals surface area contributed by atoms with Crippen LogP contribution in [0.5, 0.6) is 0 Å². The average molecular weight is 306 g/mol. The number of anilines is 1. The summed E-state index contributed by atoms with van der Waals surface area (Å²) in [5, 5.41) is 4.18. The molecule has 0 aromatic heterocycles. The van der Waals surface area contributed by atoms with E-state index in [0.717, 1.165) is 43.2 Å². The quantitative estimate of drug-likeness (QED) is 0.850. The second kappa shape index (κ2) is 6.30. The maximum Gasteiger partial charge on any atom is 0.173 e. The third kappa shape index (κ3) is 3.20. The standard InChI is InChI=1S/C16H22N2O2S/c1-2-13-5-3-4-6-14(13)17-15(21)18-9-7-16(8-10-18)19-11-12-20-16/h3-6H,2,7-12H2,1H3,(H,17,21). The van der Waals surface area contributed by atoms with Crippen molar-refractivity contribution in [3.63, 3.8) is 0 Å². The van der Waals surface area contributed by atoms with Crippen molar-refractivity contribution in [1.29, 1.82) is 0 Å². The third-order valence-electron chi connectivity index (χ3n) is 4.27. The van der Waals surface area contributed by atoms with Gasteiger partial charge in [-0.1, -0.05) is 25.1 Å². The number of thiocarbonyl (C=S) groups is 1. The van der Waals surface area contributed by atoms with E-state index in [1.165, 1.54) is 5.56 Å². The van der Waals surface area contributed by atoms with Crippen molar-refractivity contribution in [2.75, 3.05) is 31.6 Å². The maximum atomic E-state index is 5.75. The molecule has 2 aliphatic heterocycles. The van der Waals surface area contributed by atoms with Crippen molar-refractivity contribution in [3.05, 3.63) is 29.8 Å². The molecule has 0 atom stereocenters. The highest BCUT2D eigenvalue weighted by atomic mass is 32.1. The fourth-order valence-electron chi connectivity index (χ4n) is 2.98. The van der Waals surface area contributed by atoms with E-state index in [4.69, 9.17) is 21.7 Å². The van der Waals surface area contributed by atoms with Crippen LogP contribution in [0.25, 0.3) is 0 Å². The average Bonchev–Trinajstić information content (AvgIpc) is 2.96. The topological polar surface area (TPSA) is 33.7 Å². The first-order valence-corrected chi connectivity index (χ1v) is 8.05. The van der Waals surface area contributed by atoms with Crippen LogP contribution in [-0.4, -0.2) is 42.1 Å². The molecule has 2 aliphatic rings. The van der Waals surface area contributed by atoms with E-state index in [1.807, 2.05) is 6.07 Å². The number of nitrogens with one attached hydrogen (secondary N) is 1. The van der Waals surface area contributed by atoms with Gasteiger partial charge in [0.2, 0.25) is 0 Å². The summed E-state index contributed by atoms with van der Waals surface area (Å²) in [6.07, 6.45) is 2.76. The monoisotopic (exact) mass is 306 g/mol. The lowest BCUT2D eigenvalue weighted by atomic mass is 10.0. The molecule has 0 radical (unpaired) electrons. The molecule has 0 aliphatic carbocycles. The van der Waals surface area contributed by atoms with Gasteiger partial charge in [0.05, 0.1) is 13.2 Å². The largest absolute Gasteiger partial charge is 0.349 e. The molecule has 0 unspecified atom stereocenters. The van der Waals surface area contributed by atoms with Gasteiger partial charge in [0.25, 0.3) is 0 Å². The summed E-state index contributed by atoms with van der Waals surface area (Å²) in [7, 11) is 0. The Morgan fingerprint density at radius 1 is 1.24 bits per heavy atom. The van der Waals surface area contributed by atoms with Crippen molar-refractivity contribution in [3.8, 4) is 0 Å². The number of hydrogen-bond donors (Lipinski definition) is 1. The number of benzene rings is 1. The van der Waals surface area contributed by atoms with Crippen molar-refractivity contribution in [1.82, 2.24) is 4.90 Å². The van der Waals surface area contributed by atoms with Gasteiger partial charge in [-0.25, -0.2) is 0 Å². The van der Waals surface area contributed by atoms with Crippen molar-refractivity contribution >= 4 is 23.0 Å². The Labute approximate surface area is 131 Å². The van der Waals surface area contributed by atoms with E-state index >= 15 is 0 Å². The van der Waals surface area contributed by atoms with Crippen LogP contribution in [0.4, 0.5) is 5.69 Å². The van der Waals surface area contributed by atoms with Gasteiger partial charge in [-0.05, 0) is 30.3 Å². The Bertz CT molecular complexity index is 505. The van der Waals surface area contributed by atoms with E-state index < -0.39 is 0 Å². The summed E-state index contributed by atoms with van der Waals surface area (Å²) in [4.78, 5) is 2.21. The maximum absolute atomic E-state index is 5.75. The minimum atomic E-state index is -0.340. The minimum Gasteiger partial charge on any atom is -0.349 e. The van der Waals surface area contributed by atoms with Gasteiger partial charge in [-0.3, -0.25) is 0 Å².